The van der Waals surface area contributed by atoms with Gasteiger partial charge in [0, 0.05) is 47.7 Å². The Bertz CT molecular complexity index is 1280. The van der Waals surface area contributed by atoms with Crippen molar-refractivity contribution in [1.29, 1.82) is 0 Å². The van der Waals surface area contributed by atoms with E-state index in [9.17, 15) is 9.59 Å². The molecule has 0 radical (unpaired) electrons. The van der Waals surface area contributed by atoms with Crippen LogP contribution in [0.15, 0.2) is 66.3 Å². The predicted octanol–water partition coefficient (Wildman–Crippen LogP) is 4.00. The van der Waals surface area contributed by atoms with E-state index in [0.29, 0.717) is 23.5 Å². The molecule has 3 heterocycles. The first-order chi connectivity index (χ1) is 15.1. The summed E-state index contributed by atoms with van der Waals surface area (Å²) in [5.41, 5.74) is 4.57. The van der Waals surface area contributed by atoms with Gasteiger partial charge in [0.25, 0.3) is 11.8 Å². The van der Waals surface area contributed by atoms with E-state index >= 15 is 0 Å². The zero-order valence-electron chi connectivity index (χ0n) is 16.8. The van der Waals surface area contributed by atoms with Crippen molar-refractivity contribution in [3.8, 4) is 10.6 Å². The van der Waals surface area contributed by atoms with Crippen molar-refractivity contribution >= 4 is 34.5 Å². The third-order valence-corrected chi connectivity index (χ3v) is 6.10. The Hall–Kier alpha value is -3.78. The van der Waals surface area contributed by atoms with Crippen molar-refractivity contribution in [3.63, 3.8) is 0 Å². The third-order valence-electron chi connectivity index (χ3n) is 5.21. The first kappa shape index (κ1) is 19.2. The first-order valence-corrected chi connectivity index (χ1v) is 10.7. The number of hydrogen-bond donors (Lipinski definition) is 1. The maximum absolute atomic E-state index is 12.9. The van der Waals surface area contributed by atoms with Crippen LogP contribution in [0.4, 0.5) is 11.4 Å². The monoisotopic (exact) mass is 429 g/mol. The molecule has 0 saturated carbocycles. The number of rotatable bonds is 4. The van der Waals surface area contributed by atoms with E-state index in [0.717, 1.165) is 22.7 Å². The average Bonchev–Trinajstić information content (AvgIpc) is 3.53. The van der Waals surface area contributed by atoms with Crippen LogP contribution in [-0.4, -0.2) is 33.1 Å². The fourth-order valence-corrected chi connectivity index (χ4v) is 4.41. The Kier molecular flexibility index (Phi) is 4.83. The molecule has 0 aliphatic carbocycles. The second-order valence-electron chi connectivity index (χ2n) is 7.31. The summed E-state index contributed by atoms with van der Waals surface area (Å²) in [5, 5.41) is 9.43. The van der Waals surface area contributed by atoms with Crippen LogP contribution in [0.25, 0.3) is 10.6 Å². The molecule has 8 heteroatoms. The fraction of sp³-hybridized carbons (Fsp3) is 0.130. The van der Waals surface area contributed by atoms with Gasteiger partial charge in [-0.2, -0.15) is 5.10 Å². The molecule has 2 aromatic carbocycles. The van der Waals surface area contributed by atoms with Crippen LogP contribution in [0.1, 0.15) is 26.4 Å². The number of amides is 2. The lowest BCUT2D eigenvalue weighted by molar-refractivity contribution is 0.0988. The Labute approximate surface area is 183 Å². The highest BCUT2D eigenvalue weighted by molar-refractivity contribution is 7.13. The molecule has 7 nitrogen and oxygen atoms in total. The molecule has 1 aliphatic rings. The molecular weight excluding hydrogens is 410 g/mol. The molecule has 154 valence electrons. The second-order valence-corrected chi connectivity index (χ2v) is 8.17. The second kappa shape index (κ2) is 7.81. The van der Waals surface area contributed by atoms with Gasteiger partial charge in [-0.25, -0.2) is 4.98 Å². The lowest BCUT2D eigenvalue weighted by atomic mass is 10.1. The quantitative estimate of drug-likeness (QED) is 0.532. The molecule has 31 heavy (non-hydrogen) atoms. The van der Waals surface area contributed by atoms with Crippen molar-refractivity contribution in [2.45, 2.75) is 6.42 Å². The summed E-state index contributed by atoms with van der Waals surface area (Å²) < 4.78 is 1.69. The molecule has 2 amide bonds. The number of carbonyl (C=O) groups excluding carboxylic acids is 2. The average molecular weight is 430 g/mol. The molecule has 2 aromatic heterocycles. The lowest BCUT2D eigenvalue weighted by Gasteiger charge is -2.17. The summed E-state index contributed by atoms with van der Waals surface area (Å²) in [5.74, 6) is -0.331. The number of carbonyl (C=O) groups is 2. The van der Waals surface area contributed by atoms with Gasteiger partial charge in [0.15, 0.2) is 0 Å². The van der Waals surface area contributed by atoms with E-state index < -0.39 is 0 Å². The molecule has 0 fully saturated rings. The van der Waals surface area contributed by atoms with Gasteiger partial charge >= 0.3 is 0 Å². The molecule has 1 aliphatic heterocycles. The molecule has 4 aromatic rings. The minimum atomic E-state index is -0.293. The van der Waals surface area contributed by atoms with E-state index in [1.54, 1.807) is 45.4 Å². The summed E-state index contributed by atoms with van der Waals surface area (Å²) in [6.07, 6.45) is 4.44. The van der Waals surface area contributed by atoms with Crippen LogP contribution in [0.5, 0.6) is 0 Å². The van der Waals surface area contributed by atoms with Gasteiger partial charge in [-0.05, 0) is 42.3 Å². The number of hydrogen-bond acceptors (Lipinski definition) is 5. The Morgan fingerprint density at radius 3 is 2.68 bits per heavy atom. The van der Waals surface area contributed by atoms with Crippen LogP contribution in [0.2, 0.25) is 0 Å². The van der Waals surface area contributed by atoms with Crippen LogP contribution in [-0.2, 0) is 13.5 Å². The maximum Gasteiger partial charge on any atom is 0.275 e. The maximum atomic E-state index is 12.9. The van der Waals surface area contributed by atoms with Gasteiger partial charge in [-0.15, -0.1) is 11.3 Å². The van der Waals surface area contributed by atoms with E-state index in [2.05, 4.69) is 21.5 Å². The van der Waals surface area contributed by atoms with Gasteiger partial charge in [-0.3, -0.25) is 14.3 Å². The number of anilines is 2. The number of benzene rings is 2. The Morgan fingerprint density at radius 2 is 1.90 bits per heavy atom. The van der Waals surface area contributed by atoms with Crippen molar-refractivity contribution in [1.82, 2.24) is 14.8 Å². The number of thiazole rings is 1. The number of aryl methyl sites for hydroxylation is 1. The van der Waals surface area contributed by atoms with E-state index in [-0.39, 0.29) is 11.8 Å². The molecule has 0 bridgehead atoms. The normalized spacial score (nSPS) is 12.6. The molecule has 0 atom stereocenters. The smallest absolute Gasteiger partial charge is 0.275 e. The van der Waals surface area contributed by atoms with Crippen LogP contribution in [0.3, 0.4) is 0 Å². The highest BCUT2D eigenvalue weighted by Gasteiger charge is 2.25. The van der Waals surface area contributed by atoms with Gasteiger partial charge in [0.05, 0.1) is 6.20 Å². The summed E-state index contributed by atoms with van der Waals surface area (Å²) in [6.45, 7) is 0.680. The summed E-state index contributed by atoms with van der Waals surface area (Å²) in [7, 11) is 1.83. The molecular formula is C23H19N5O2S. The predicted molar refractivity (Wildman–Crippen MR) is 121 cm³/mol. The number of fused-ring (bicyclic) bond motifs is 1. The highest BCUT2D eigenvalue weighted by atomic mass is 32.1. The molecule has 0 saturated heterocycles. The first-order valence-electron chi connectivity index (χ1n) is 9.84. The van der Waals surface area contributed by atoms with E-state index in [1.807, 2.05) is 31.4 Å². The highest BCUT2D eigenvalue weighted by Crippen LogP contribution is 2.29. The van der Waals surface area contributed by atoms with Gasteiger partial charge in [0.1, 0.15) is 10.7 Å². The molecule has 0 spiro atoms. The minimum Gasteiger partial charge on any atom is -0.321 e. The van der Waals surface area contributed by atoms with Crippen LogP contribution in [0, 0.1) is 0 Å². The summed E-state index contributed by atoms with van der Waals surface area (Å²) in [4.78, 5) is 31.7. The van der Waals surface area contributed by atoms with Gasteiger partial charge < -0.3 is 10.2 Å². The van der Waals surface area contributed by atoms with Gasteiger partial charge in [0.2, 0.25) is 0 Å². The number of aromatic nitrogens is 3. The molecule has 0 unspecified atom stereocenters. The van der Waals surface area contributed by atoms with Crippen LogP contribution >= 0.6 is 11.3 Å². The summed E-state index contributed by atoms with van der Waals surface area (Å²) in [6, 6.07) is 14.9. The SMILES string of the molecule is Cn1cc(-c2nc(C(=O)Nc3ccc(C(=O)N4CCc5ccccc54)cc3)cs2)cn1. The van der Waals surface area contributed by atoms with Crippen LogP contribution < -0.4 is 10.2 Å². The minimum absolute atomic E-state index is 0.0385. The lowest BCUT2D eigenvalue weighted by Crippen LogP contribution is -2.28. The van der Waals surface area contributed by atoms with E-state index in [4.69, 9.17) is 0 Å². The molecule has 1 N–H and O–H groups in total. The zero-order chi connectivity index (χ0) is 21.4. The van der Waals surface area contributed by atoms with Crippen molar-refractivity contribution in [3.05, 3.63) is 83.1 Å². The third kappa shape index (κ3) is 3.73. The topological polar surface area (TPSA) is 80.1 Å². The van der Waals surface area contributed by atoms with Crippen molar-refractivity contribution in [2.24, 2.45) is 7.05 Å². The summed E-state index contributed by atoms with van der Waals surface area (Å²) >= 11 is 1.39. The zero-order valence-corrected chi connectivity index (χ0v) is 17.6. The number of para-hydroxylation sites is 1. The largest absolute Gasteiger partial charge is 0.321 e. The fourth-order valence-electron chi connectivity index (χ4n) is 3.64. The number of nitrogens with zero attached hydrogens (tertiary/aromatic N) is 4. The van der Waals surface area contributed by atoms with Crippen molar-refractivity contribution in [2.75, 3.05) is 16.8 Å². The Morgan fingerprint density at radius 1 is 1.10 bits per heavy atom. The Balaban J connectivity index is 1.27. The standard InChI is InChI=1S/C23H19N5O2S/c1-27-13-17(12-24-27)22-26-19(14-31-22)21(29)25-18-8-6-16(7-9-18)23(30)28-11-10-15-4-2-3-5-20(15)28/h2-9,12-14H,10-11H2,1H3,(H,25,29). The van der Waals surface area contributed by atoms with Crippen molar-refractivity contribution < 1.29 is 9.59 Å². The molecule has 5 rings (SSSR count). The van der Waals surface area contributed by atoms with Gasteiger partial charge in [-0.1, -0.05) is 18.2 Å². The van der Waals surface area contributed by atoms with E-state index in [1.165, 1.54) is 16.9 Å². The number of nitrogens with one attached hydrogen (secondary N) is 1.